The molecule has 0 saturated heterocycles. The molecule has 0 amide bonds. The Balaban J connectivity index is 2.46. The summed E-state index contributed by atoms with van der Waals surface area (Å²) in [5.74, 6) is -0.217. The van der Waals surface area contributed by atoms with Crippen molar-refractivity contribution in [3.63, 3.8) is 0 Å². The van der Waals surface area contributed by atoms with Gasteiger partial charge in [0.1, 0.15) is 0 Å². The molecule has 2 heteroatoms. The van der Waals surface area contributed by atoms with Crippen LogP contribution in [0.5, 0.6) is 0 Å². The molecule has 16 heavy (non-hydrogen) atoms. The van der Waals surface area contributed by atoms with Crippen molar-refractivity contribution in [2.45, 2.75) is 26.2 Å². The zero-order chi connectivity index (χ0) is 11.7. The molecule has 84 valence electrons. The van der Waals surface area contributed by atoms with E-state index in [1.807, 2.05) is 44.2 Å². The molecule has 0 saturated carbocycles. The minimum Gasteiger partial charge on any atom is -0.504 e. The van der Waals surface area contributed by atoms with Gasteiger partial charge in [-0.25, -0.2) is 0 Å². The van der Waals surface area contributed by atoms with Crippen molar-refractivity contribution in [1.29, 1.82) is 0 Å². The number of aliphatic hydroxyl groups excluding tert-OH is 1. The van der Waals surface area contributed by atoms with Crippen LogP contribution in [-0.4, -0.2) is 10.9 Å². The van der Waals surface area contributed by atoms with Gasteiger partial charge in [0.25, 0.3) is 0 Å². The van der Waals surface area contributed by atoms with Crippen LogP contribution in [0.3, 0.4) is 0 Å². The largest absolute Gasteiger partial charge is 0.504 e. The summed E-state index contributed by atoms with van der Waals surface area (Å²) in [5.41, 5.74) is 1.99. The minimum atomic E-state index is -0.141. The number of carbonyl (C=O) groups is 1. The first-order valence-electron chi connectivity index (χ1n) is 5.68. The van der Waals surface area contributed by atoms with Gasteiger partial charge >= 0.3 is 0 Å². The predicted octanol–water partition coefficient (Wildman–Crippen LogP) is 3.21. The van der Waals surface area contributed by atoms with Crippen molar-refractivity contribution >= 4 is 5.78 Å². The van der Waals surface area contributed by atoms with E-state index < -0.39 is 0 Å². The topological polar surface area (TPSA) is 37.3 Å². The van der Waals surface area contributed by atoms with Crippen molar-refractivity contribution in [1.82, 2.24) is 0 Å². The van der Waals surface area contributed by atoms with Crippen molar-refractivity contribution in [3.8, 4) is 0 Å². The maximum Gasteiger partial charge on any atom is 0.200 e. The summed E-state index contributed by atoms with van der Waals surface area (Å²) in [6.45, 7) is 3.87. The average Bonchev–Trinajstić information content (AvgIpc) is 2.54. The Labute approximate surface area is 95.6 Å². The Morgan fingerprint density at radius 3 is 2.44 bits per heavy atom. The van der Waals surface area contributed by atoms with Gasteiger partial charge in [-0.05, 0) is 17.6 Å². The van der Waals surface area contributed by atoms with Gasteiger partial charge in [0.2, 0.25) is 5.78 Å². The fraction of sp³-hybridized carbons (Fsp3) is 0.357. The molecule has 1 aromatic carbocycles. The number of rotatable bonds is 2. The summed E-state index contributed by atoms with van der Waals surface area (Å²) in [7, 11) is 0. The van der Waals surface area contributed by atoms with Crippen molar-refractivity contribution in [2.24, 2.45) is 5.92 Å². The lowest BCUT2D eigenvalue weighted by Gasteiger charge is -2.17. The van der Waals surface area contributed by atoms with Gasteiger partial charge < -0.3 is 5.11 Å². The number of allylic oxidation sites excluding steroid dienone is 2. The normalized spacial score (nSPS) is 25.2. The smallest absolute Gasteiger partial charge is 0.200 e. The molecule has 0 radical (unpaired) electrons. The summed E-state index contributed by atoms with van der Waals surface area (Å²) in [5, 5.41) is 9.79. The van der Waals surface area contributed by atoms with Gasteiger partial charge in [-0.1, -0.05) is 44.2 Å². The standard InChI is InChI=1S/C14H16O2/c1-3-11-12(9(2)13(15)14(11)16)10-7-5-4-6-8-10/h4-9,12,16H,3H2,1-2H3. The highest BCUT2D eigenvalue weighted by Gasteiger charge is 2.38. The van der Waals surface area contributed by atoms with Crippen LogP contribution in [0.4, 0.5) is 0 Å². The van der Waals surface area contributed by atoms with Crippen molar-refractivity contribution in [3.05, 3.63) is 47.2 Å². The van der Waals surface area contributed by atoms with Crippen LogP contribution >= 0.6 is 0 Å². The zero-order valence-electron chi connectivity index (χ0n) is 9.60. The van der Waals surface area contributed by atoms with E-state index in [4.69, 9.17) is 0 Å². The Hall–Kier alpha value is -1.57. The van der Waals surface area contributed by atoms with E-state index in [9.17, 15) is 9.90 Å². The highest BCUT2D eigenvalue weighted by Crippen LogP contribution is 2.42. The van der Waals surface area contributed by atoms with E-state index in [0.717, 1.165) is 17.6 Å². The molecule has 1 aliphatic rings. The Kier molecular flexibility index (Phi) is 2.82. The lowest BCUT2D eigenvalue weighted by Crippen LogP contribution is -2.12. The summed E-state index contributed by atoms with van der Waals surface area (Å²) in [6, 6.07) is 9.93. The van der Waals surface area contributed by atoms with E-state index in [1.165, 1.54) is 0 Å². The molecular formula is C14H16O2. The first kappa shape index (κ1) is 10.9. The number of hydrogen-bond donors (Lipinski definition) is 1. The Bertz CT molecular complexity index is 431. The highest BCUT2D eigenvalue weighted by molar-refractivity contribution is 5.99. The summed E-state index contributed by atoms with van der Waals surface area (Å²) in [6.07, 6.45) is 0.724. The molecule has 2 atom stereocenters. The van der Waals surface area contributed by atoms with E-state index in [1.54, 1.807) is 0 Å². The first-order chi connectivity index (χ1) is 7.66. The first-order valence-corrected chi connectivity index (χ1v) is 5.68. The highest BCUT2D eigenvalue weighted by atomic mass is 16.3. The second-order valence-electron chi connectivity index (χ2n) is 4.27. The molecule has 0 fully saturated rings. The minimum absolute atomic E-state index is 0.0103. The summed E-state index contributed by atoms with van der Waals surface area (Å²) >= 11 is 0. The fourth-order valence-electron chi connectivity index (χ4n) is 2.51. The molecule has 0 spiro atoms. The fourth-order valence-corrected chi connectivity index (χ4v) is 2.51. The van der Waals surface area contributed by atoms with Crippen LogP contribution in [0.1, 0.15) is 31.7 Å². The molecule has 0 heterocycles. The molecule has 0 bridgehead atoms. The maximum absolute atomic E-state index is 11.8. The predicted molar refractivity (Wildman–Crippen MR) is 63.3 cm³/mol. The average molecular weight is 216 g/mol. The molecule has 0 aromatic heterocycles. The Morgan fingerprint density at radius 2 is 1.88 bits per heavy atom. The number of Topliss-reactive ketones (excluding diaryl/α,β-unsaturated/α-hetero) is 1. The van der Waals surface area contributed by atoms with Gasteiger partial charge in [-0.3, -0.25) is 4.79 Å². The SMILES string of the molecule is CCC1=C(O)C(=O)C(C)C1c1ccccc1. The second-order valence-corrected chi connectivity index (χ2v) is 4.27. The van der Waals surface area contributed by atoms with E-state index in [2.05, 4.69) is 0 Å². The zero-order valence-corrected chi connectivity index (χ0v) is 9.60. The number of hydrogen-bond acceptors (Lipinski definition) is 2. The number of benzene rings is 1. The lowest BCUT2D eigenvalue weighted by molar-refractivity contribution is -0.120. The van der Waals surface area contributed by atoms with Crippen LogP contribution in [0.2, 0.25) is 0 Å². The van der Waals surface area contributed by atoms with Gasteiger partial charge in [-0.15, -0.1) is 0 Å². The van der Waals surface area contributed by atoms with E-state index >= 15 is 0 Å². The van der Waals surface area contributed by atoms with E-state index in [-0.39, 0.29) is 23.4 Å². The molecule has 1 N–H and O–H groups in total. The van der Waals surface area contributed by atoms with E-state index in [0.29, 0.717) is 0 Å². The second kappa shape index (κ2) is 4.12. The van der Waals surface area contributed by atoms with Gasteiger partial charge in [0.05, 0.1) is 0 Å². The van der Waals surface area contributed by atoms with Crippen molar-refractivity contribution < 1.29 is 9.90 Å². The van der Waals surface area contributed by atoms with Crippen molar-refractivity contribution in [2.75, 3.05) is 0 Å². The quantitative estimate of drug-likeness (QED) is 0.824. The third-order valence-electron chi connectivity index (χ3n) is 3.37. The van der Waals surface area contributed by atoms with Crippen LogP contribution < -0.4 is 0 Å². The lowest BCUT2D eigenvalue weighted by atomic mass is 9.85. The van der Waals surface area contributed by atoms with Gasteiger partial charge in [0.15, 0.2) is 5.76 Å². The summed E-state index contributed by atoms with van der Waals surface area (Å²) in [4.78, 5) is 11.8. The molecule has 2 unspecified atom stereocenters. The van der Waals surface area contributed by atoms with Crippen LogP contribution in [0, 0.1) is 5.92 Å². The van der Waals surface area contributed by atoms with Crippen LogP contribution in [0.15, 0.2) is 41.7 Å². The van der Waals surface area contributed by atoms with Crippen LogP contribution in [0.25, 0.3) is 0 Å². The van der Waals surface area contributed by atoms with Crippen LogP contribution in [-0.2, 0) is 4.79 Å². The monoisotopic (exact) mass is 216 g/mol. The Morgan fingerprint density at radius 1 is 1.25 bits per heavy atom. The molecule has 1 aliphatic carbocycles. The molecule has 0 aliphatic heterocycles. The summed E-state index contributed by atoms with van der Waals surface area (Å²) < 4.78 is 0. The number of carbonyl (C=O) groups excluding carboxylic acids is 1. The number of ketones is 1. The van der Waals surface area contributed by atoms with Gasteiger partial charge in [0, 0.05) is 11.8 Å². The molecule has 2 rings (SSSR count). The maximum atomic E-state index is 11.8. The molecular weight excluding hydrogens is 200 g/mol. The van der Waals surface area contributed by atoms with Gasteiger partial charge in [-0.2, -0.15) is 0 Å². The third-order valence-corrected chi connectivity index (χ3v) is 3.37. The number of aliphatic hydroxyl groups is 1. The third kappa shape index (κ3) is 1.54. The molecule has 2 nitrogen and oxygen atoms in total. The molecule has 1 aromatic rings.